The largest absolute Gasteiger partial charge is 0.0807 e. The van der Waals surface area contributed by atoms with E-state index in [1.807, 2.05) is 0 Å². The van der Waals surface area contributed by atoms with Gasteiger partial charge in [-0.15, -0.1) is 0 Å². The lowest BCUT2D eigenvalue weighted by atomic mass is 9.99. The molecule has 0 amide bonds. The molecule has 0 spiro atoms. The fourth-order valence-electron chi connectivity index (χ4n) is 2.26. The Kier molecular flexibility index (Phi) is 3.25. The Labute approximate surface area is 93.0 Å². The molecular weight excluding hydrogens is 180 g/mol. The first kappa shape index (κ1) is 10.5. The number of hydrogen-bond acceptors (Lipinski definition) is 0. The van der Waals surface area contributed by atoms with Crippen LogP contribution in [0.25, 0.3) is 5.57 Å². The molecule has 1 aromatic rings. The van der Waals surface area contributed by atoms with E-state index in [4.69, 9.17) is 0 Å². The predicted octanol–water partition coefficient (Wildman–Crippen LogP) is 4.45. The van der Waals surface area contributed by atoms with Gasteiger partial charge in [0.05, 0.1) is 0 Å². The highest BCUT2D eigenvalue weighted by molar-refractivity contribution is 5.67. The van der Waals surface area contributed by atoms with Gasteiger partial charge in [0.2, 0.25) is 0 Å². The van der Waals surface area contributed by atoms with Crippen molar-refractivity contribution in [2.75, 3.05) is 0 Å². The van der Waals surface area contributed by atoms with Gasteiger partial charge in [-0.2, -0.15) is 0 Å². The molecular formula is C15H20. The first-order valence-corrected chi connectivity index (χ1v) is 6.04. The lowest BCUT2D eigenvalue weighted by Gasteiger charge is -2.07. The van der Waals surface area contributed by atoms with Gasteiger partial charge in [0, 0.05) is 0 Å². The Morgan fingerprint density at radius 3 is 2.40 bits per heavy atom. The van der Waals surface area contributed by atoms with Gasteiger partial charge < -0.3 is 0 Å². The molecule has 80 valence electrons. The van der Waals surface area contributed by atoms with Crippen LogP contribution in [0.5, 0.6) is 0 Å². The zero-order valence-corrected chi connectivity index (χ0v) is 9.79. The molecule has 0 radical (unpaired) electrons. The molecule has 1 aromatic carbocycles. The first-order chi connectivity index (χ1) is 7.25. The predicted molar refractivity (Wildman–Crippen MR) is 66.8 cm³/mol. The minimum absolute atomic E-state index is 0.751. The van der Waals surface area contributed by atoms with E-state index in [9.17, 15) is 0 Å². The lowest BCUT2D eigenvalue weighted by Crippen LogP contribution is -1.93. The van der Waals surface area contributed by atoms with Crippen molar-refractivity contribution in [3.63, 3.8) is 0 Å². The van der Waals surface area contributed by atoms with Crippen LogP contribution in [0.15, 0.2) is 30.3 Å². The van der Waals surface area contributed by atoms with Gasteiger partial charge >= 0.3 is 0 Å². The minimum Gasteiger partial charge on any atom is -0.0807 e. The molecule has 1 aliphatic carbocycles. The summed E-state index contributed by atoms with van der Waals surface area (Å²) in [4.78, 5) is 0. The lowest BCUT2D eigenvalue weighted by molar-refractivity contribution is 0.647. The molecule has 2 rings (SSSR count). The van der Waals surface area contributed by atoms with Gasteiger partial charge in [0.25, 0.3) is 0 Å². The summed E-state index contributed by atoms with van der Waals surface area (Å²) in [6, 6.07) is 9.15. The third-order valence-corrected chi connectivity index (χ3v) is 3.01. The highest BCUT2D eigenvalue weighted by atomic mass is 14.1. The fourth-order valence-corrected chi connectivity index (χ4v) is 2.26. The molecule has 1 aliphatic rings. The third-order valence-electron chi connectivity index (χ3n) is 3.01. The second-order valence-corrected chi connectivity index (χ2v) is 4.92. The van der Waals surface area contributed by atoms with Gasteiger partial charge in [-0.1, -0.05) is 44.2 Å². The van der Waals surface area contributed by atoms with Gasteiger partial charge in [-0.25, -0.2) is 0 Å². The van der Waals surface area contributed by atoms with Crippen LogP contribution in [-0.4, -0.2) is 0 Å². The monoisotopic (exact) mass is 200 g/mol. The standard InChI is InChI=1S/C15H20/c1-12(2)11-13-7-9-15(10-8-13)14-5-3-4-6-14/h5,7-10,12H,3-4,6,11H2,1-2H3. The Morgan fingerprint density at radius 1 is 1.13 bits per heavy atom. The van der Waals surface area contributed by atoms with Crippen LogP contribution in [0, 0.1) is 5.92 Å². The maximum atomic E-state index is 2.39. The maximum absolute atomic E-state index is 2.39. The molecule has 0 bridgehead atoms. The quantitative estimate of drug-likeness (QED) is 0.676. The van der Waals surface area contributed by atoms with Crippen molar-refractivity contribution < 1.29 is 0 Å². The van der Waals surface area contributed by atoms with Crippen LogP contribution >= 0.6 is 0 Å². The SMILES string of the molecule is CC(C)Cc1ccc(C2=CCCC2)cc1. The van der Waals surface area contributed by atoms with Crippen molar-refractivity contribution in [2.45, 2.75) is 39.5 Å². The average molecular weight is 200 g/mol. The van der Waals surface area contributed by atoms with E-state index in [2.05, 4.69) is 44.2 Å². The van der Waals surface area contributed by atoms with Gasteiger partial charge in [0.1, 0.15) is 0 Å². The van der Waals surface area contributed by atoms with Crippen molar-refractivity contribution in [2.24, 2.45) is 5.92 Å². The smallest absolute Gasteiger partial charge is 0.0228 e. The van der Waals surface area contributed by atoms with Crippen LogP contribution < -0.4 is 0 Å². The van der Waals surface area contributed by atoms with E-state index in [1.54, 1.807) is 5.57 Å². The molecule has 0 fully saturated rings. The van der Waals surface area contributed by atoms with Crippen molar-refractivity contribution in [1.29, 1.82) is 0 Å². The molecule has 0 saturated carbocycles. The number of allylic oxidation sites excluding steroid dienone is 2. The van der Waals surface area contributed by atoms with E-state index in [0.717, 1.165) is 5.92 Å². The summed E-state index contributed by atoms with van der Waals surface area (Å²) in [6.45, 7) is 4.54. The summed E-state index contributed by atoms with van der Waals surface area (Å²) in [6.07, 6.45) is 7.45. The molecule has 0 heterocycles. The molecule has 0 N–H and O–H groups in total. The summed E-state index contributed by atoms with van der Waals surface area (Å²) in [5, 5.41) is 0. The number of rotatable bonds is 3. The summed E-state index contributed by atoms with van der Waals surface area (Å²) in [7, 11) is 0. The maximum Gasteiger partial charge on any atom is -0.0228 e. The number of hydrogen-bond donors (Lipinski definition) is 0. The normalized spacial score (nSPS) is 15.8. The number of benzene rings is 1. The molecule has 0 heteroatoms. The second kappa shape index (κ2) is 4.65. The molecule has 0 saturated heterocycles. The summed E-state index contributed by atoms with van der Waals surface area (Å²) in [5.41, 5.74) is 4.44. The van der Waals surface area contributed by atoms with Gasteiger partial charge in [-0.05, 0) is 48.3 Å². The van der Waals surface area contributed by atoms with Crippen LogP contribution in [0.2, 0.25) is 0 Å². The molecule has 15 heavy (non-hydrogen) atoms. The average Bonchev–Trinajstić information content (AvgIpc) is 2.71. The highest BCUT2D eigenvalue weighted by Gasteiger charge is 2.06. The van der Waals surface area contributed by atoms with Gasteiger partial charge in [0.15, 0.2) is 0 Å². The van der Waals surface area contributed by atoms with Crippen molar-refractivity contribution >= 4 is 5.57 Å². The molecule has 0 atom stereocenters. The topological polar surface area (TPSA) is 0 Å². The van der Waals surface area contributed by atoms with Gasteiger partial charge in [-0.3, -0.25) is 0 Å². The van der Waals surface area contributed by atoms with Crippen LogP contribution in [0.3, 0.4) is 0 Å². The third kappa shape index (κ3) is 2.71. The Hall–Kier alpha value is -1.04. The van der Waals surface area contributed by atoms with Crippen LogP contribution in [-0.2, 0) is 6.42 Å². The van der Waals surface area contributed by atoms with Crippen molar-refractivity contribution in [3.8, 4) is 0 Å². The summed E-state index contributed by atoms with van der Waals surface area (Å²) < 4.78 is 0. The van der Waals surface area contributed by atoms with Crippen molar-refractivity contribution in [1.82, 2.24) is 0 Å². The zero-order valence-electron chi connectivity index (χ0n) is 9.79. The molecule has 0 aromatic heterocycles. The Balaban J connectivity index is 2.10. The first-order valence-electron chi connectivity index (χ1n) is 6.04. The zero-order chi connectivity index (χ0) is 10.7. The van der Waals surface area contributed by atoms with E-state index in [1.165, 1.54) is 36.8 Å². The van der Waals surface area contributed by atoms with Crippen LogP contribution in [0.1, 0.15) is 44.2 Å². The van der Waals surface area contributed by atoms with Crippen molar-refractivity contribution in [3.05, 3.63) is 41.5 Å². The highest BCUT2D eigenvalue weighted by Crippen LogP contribution is 2.27. The molecule has 0 aliphatic heterocycles. The van der Waals surface area contributed by atoms with E-state index >= 15 is 0 Å². The second-order valence-electron chi connectivity index (χ2n) is 4.92. The van der Waals surface area contributed by atoms with Crippen LogP contribution in [0.4, 0.5) is 0 Å². The van der Waals surface area contributed by atoms with E-state index in [0.29, 0.717) is 0 Å². The summed E-state index contributed by atoms with van der Waals surface area (Å²) in [5.74, 6) is 0.751. The minimum atomic E-state index is 0.751. The molecule has 0 nitrogen and oxygen atoms in total. The summed E-state index contributed by atoms with van der Waals surface area (Å²) >= 11 is 0. The fraction of sp³-hybridized carbons (Fsp3) is 0.467. The van der Waals surface area contributed by atoms with E-state index < -0.39 is 0 Å². The Bertz CT molecular complexity index is 341. The Morgan fingerprint density at radius 2 is 1.87 bits per heavy atom. The van der Waals surface area contributed by atoms with E-state index in [-0.39, 0.29) is 0 Å². The molecule has 0 unspecified atom stereocenters.